The Morgan fingerprint density at radius 2 is 1.93 bits per heavy atom. The molecule has 3 N–H and O–H groups in total. The predicted molar refractivity (Wildman–Crippen MR) is 159 cm³/mol. The highest BCUT2D eigenvalue weighted by molar-refractivity contribution is 6.30. The van der Waals surface area contributed by atoms with Crippen molar-refractivity contribution in [3.63, 3.8) is 0 Å². The van der Waals surface area contributed by atoms with Crippen LogP contribution in [0, 0.1) is 0 Å². The number of nitrogens with one attached hydrogen (secondary N) is 1. The van der Waals surface area contributed by atoms with Crippen molar-refractivity contribution >= 4 is 39.2 Å². The van der Waals surface area contributed by atoms with Gasteiger partial charge in [0, 0.05) is 35.6 Å². The van der Waals surface area contributed by atoms with E-state index in [1.165, 1.54) is 16.3 Å². The molecule has 3 aromatic carbocycles. The number of nitrogens with zero attached hydrogens (tertiary/aromatic N) is 2. The van der Waals surface area contributed by atoms with Gasteiger partial charge in [-0.05, 0) is 80.3 Å². The Kier molecular flexibility index (Phi) is 8.57. The van der Waals surface area contributed by atoms with E-state index >= 15 is 0 Å². The fourth-order valence-corrected chi connectivity index (χ4v) is 5.87. The van der Waals surface area contributed by atoms with Crippen molar-refractivity contribution in [2.45, 2.75) is 57.3 Å². The molecule has 0 spiro atoms. The molecule has 0 aliphatic carbocycles. The quantitative estimate of drug-likeness (QED) is 0.210. The number of carboxylic acid groups (broad SMARTS) is 1. The number of fused-ring (bicyclic) bond motifs is 2. The van der Waals surface area contributed by atoms with E-state index < -0.39 is 18.7 Å². The second-order valence-corrected chi connectivity index (χ2v) is 11.7. The van der Waals surface area contributed by atoms with Crippen LogP contribution in [-0.4, -0.2) is 63.4 Å². The Morgan fingerprint density at radius 3 is 2.73 bits per heavy atom. The Labute approximate surface area is 239 Å². The number of benzene rings is 3. The predicted octanol–water partition coefficient (Wildman–Crippen LogP) is 5.44. The standard InChI is InChI=1S/C32H36ClN3O4/c1-32(2,17-21-9-10-22-6-3-4-7-23(22)14-21)34-18-29(37)28-8-5-13-36(28)19-25-15-24-16-26(40-20-30(38)39)11-12-27(24)35-31(25)33/h3-4,6-7,9-12,14-16,28-29,34,37H,5,8,13,17-20H2,1-2H3,(H,38,39). The number of carboxylic acids is 1. The molecular formula is C32H36ClN3O4. The third-order valence-corrected chi connectivity index (χ3v) is 7.98. The van der Waals surface area contributed by atoms with Crippen LogP contribution in [0.5, 0.6) is 5.75 Å². The van der Waals surface area contributed by atoms with E-state index in [2.05, 4.69) is 71.5 Å². The molecule has 1 aliphatic rings. The first-order chi connectivity index (χ1) is 19.2. The van der Waals surface area contributed by atoms with Crippen molar-refractivity contribution in [1.29, 1.82) is 0 Å². The summed E-state index contributed by atoms with van der Waals surface area (Å²) in [6, 6.07) is 22.2. The van der Waals surface area contributed by atoms with E-state index in [0.717, 1.165) is 36.8 Å². The molecule has 1 saturated heterocycles. The maximum Gasteiger partial charge on any atom is 0.341 e. The number of rotatable bonds is 11. The molecule has 2 heterocycles. The summed E-state index contributed by atoms with van der Waals surface area (Å²) in [5, 5.41) is 27.5. The minimum atomic E-state index is -1.03. The first-order valence-electron chi connectivity index (χ1n) is 13.8. The minimum Gasteiger partial charge on any atom is -0.482 e. The van der Waals surface area contributed by atoms with Crippen LogP contribution in [0.2, 0.25) is 5.15 Å². The zero-order chi connectivity index (χ0) is 28.3. The molecule has 7 nitrogen and oxygen atoms in total. The smallest absolute Gasteiger partial charge is 0.341 e. The van der Waals surface area contributed by atoms with E-state index in [1.807, 2.05) is 6.07 Å². The van der Waals surface area contributed by atoms with E-state index in [9.17, 15) is 9.90 Å². The Hall–Kier alpha value is -3.23. The van der Waals surface area contributed by atoms with Crippen LogP contribution in [0.25, 0.3) is 21.7 Å². The van der Waals surface area contributed by atoms with Crippen LogP contribution < -0.4 is 10.1 Å². The number of hydrogen-bond acceptors (Lipinski definition) is 6. The van der Waals surface area contributed by atoms with E-state index in [-0.39, 0.29) is 11.6 Å². The molecule has 1 aromatic heterocycles. The summed E-state index contributed by atoms with van der Waals surface area (Å²) >= 11 is 6.56. The number of aliphatic hydroxyl groups excluding tert-OH is 1. The van der Waals surface area contributed by atoms with Crippen molar-refractivity contribution in [1.82, 2.24) is 15.2 Å². The highest BCUT2D eigenvalue weighted by atomic mass is 35.5. The van der Waals surface area contributed by atoms with Gasteiger partial charge < -0.3 is 20.3 Å². The largest absolute Gasteiger partial charge is 0.482 e. The number of likely N-dealkylation sites (tertiary alicyclic amines) is 1. The highest BCUT2D eigenvalue weighted by Gasteiger charge is 2.32. The van der Waals surface area contributed by atoms with Gasteiger partial charge in [0.15, 0.2) is 6.61 Å². The maximum atomic E-state index is 11.2. The van der Waals surface area contributed by atoms with Gasteiger partial charge in [-0.1, -0.05) is 54.1 Å². The van der Waals surface area contributed by atoms with Gasteiger partial charge in [-0.15, -0.1) is 0 Å². The number of hydrogen-bond donors (Lipinski definition) is 3. The molecule has 0 radical (unpaired) electrons. The number of aromatic nitrogens is 1. The first-order valence-corrected chi connectivity index (χ1v) is 14.1. The van der Waals surface area contributed by atoms with Gasteiger partial charge in [0.1, 0.15) is 10.9 Å². The molecular weight excluding hydrogens is 526 g/mol. The van der Waals surface area contributed by atoms with E-state index in [1.54, 1.807) is 18.2 Å². The molecule has 40 heavy (non-hydrogen) atoms. The molecule has 0 amide bonds. The average Bonchev–Trinajstić information content (AvgIpc) is 3.39. The van der Waals surface area contributed by atoms with E-state index in [0.29, 0.717) is 29.5 Å². The van der Waals surface area contributed by atoms with Crippen LogP contribution in [-0.2, 0) is 17.8 Å². The number of carbonyl (C=O) groups is 1. The molecule has 1 aliphatic heterocycles. The summed E-state index contributed by atoms with van der Waals surface area (Å²) in [6.07, 6.45) is 2.25. The molecule has 210 valence electrons. The summed E-state index contributed by atoms with van der Waals surface area (Å²) in [5.74, 6) is -0.558. The van der Waals surface area contributed by atoms with Crippen LogP contribution in [0.3, 0.4) is 0 Å². The van der Waals surface area contributed by atoms with Crippen molar-refractivity contribution in [3.05, 3.63) is 83.0 Å². The summed E-state index contributed by atoms with van der Waals surface area (Å²) in [4.78, 5) is 17.7. The molecule has 8 heteroatoms. The fraction of sp³-hybridized carbons (Fsp3) is 0.375. The third-order valence-electron chi connectivity index (χ3n) is 7.66. The third kappa shape index (κ3) is 6.91. The van der Waals surface area contributed by atoms with Crippen LogP contribution in [0.15, 0.2) is 66.7 Å². The zero-order valence-corrected chi connectivity index (χ0v) is 23.7. The highest BCUT2D eigenvalue weighted by Crippen LogP contribution is 2.29. The molecule has 4 aromatic rings. The van der Waals surface area contributed by atoms with E-state index in [4.69, 9.17) is 21.4 Å². The molecule has 1 fully saturated rings. The lowest BCUT2D eigenvalue weighted by molar-refractivity contribution is -0.139. The maximum absolute atomic E-state index is 11.2. The van der Waals surface area contributed by atoms with Gasteiger partial charge in [-0.2, -0.15) is 0 Å². The fourth-order valence-electron chi connectivity index (χ4n) is 5.66. The van der Waals surface area contributed by atoms with Crippen molar-refractivity contribution in [2.24, 2.45) is 0 Å². The number of pyridine rings is 1. The summed E-state index contributed by atoms with van der Waals surface area (Å²) in [5.41, 5.74) is 2.67. The average molecular weight is 562 g/mol. The lowest BCUT2D eigenvalue weighted by Gasteiger charge is -2.33. The molecule has 5 rings (SSSR count). The molecule has 0 bridgehead atoms. The number of aliphatic carboxylic acids is 1. The molecule has 0 saturated carbocycles. The second-order valence-electron chi connectivity index (χ2n) is 11.3. The topological polar surface area (TPSA) is 94.9 Å². The van der Waals surface area contributed by atoms with Crippen LogP contribution >= 0.6 is 11.6 Å². The second kappa shape index (κ2) is 12.1. The van der Waals surface area contributed by atoms with Gasteiger partial charge in [0.25, 0.3) is 0 Å². The van der Waals surface area contributed by atoms with Crippen LogP contribution in [0.1, 0.15) is 37.8 Å². The summed E-state index contributed by atoms with van der Waals surface area (Å²) in [7, 11) is 0. The number of ether oxygens (including phenoxy) is 1. The lowest BCUT2D eigenvalue weighted by atomic mass is 9.93. The Bertz CT molecular complexity index is 1510. The number of halogens is 1. The number of β-amino-alcohol motifs (C(OH)–C–C–N with tert-alkyl or cyclic N) is 1. The van der Waals surface area contributed by atoms with Crippen molar-refractivity contribution < 1.29 is 19.7 Å². The van der Waals surface area contributed by atoms with Gasteiger partial charge in [0.2, 0.25) is 0 Å². The van der Waals surface area contributed by atoms with Crippen molar-refractivity contribution in [2.75, 3.05) is 19.7 Å². The molecule has 2 unspecified atom stereocenters. The number of aliphatic hydroxyl groups is 1. The Balaban J connectivity index is 1.22. The van der Waals surface area contributed by atoms with Crippen LogP contribution in [0.4, 0.5) is 0 Å². The first kappa shape index (κ1) is 28.3. The normalized spacial score (nSPS) is 16.9. The molecule has 2 atom stereocenters. The minimum absolute atomic E-state index is 0.0148. The van der Waals surface area contributed by atoms with Gasteiger partial charge in [0.05, 0.1) is 11.6 Å². The van der Waals surface area contributed by atoms with Gasteiger partial charge in [-0.25, -0.2) is 9.78 Å². The SMILES string of the molecule is CC(C)(Cc1ccc2ccccc2c1)NCC(O)C1CCCN1Cc1cc2cc(OCC(=O)O)ccc2nc1Cl. The zero-order valence-electron chi connectivity index (χ0n) is 22.9. The Morgan fingerprint density at radius 1 is 1.12 bits per heavy atom. The monoisotopic (exact) mass is 561 g/mol. The van der Waals surface area contributed by atoms with Gasteiger partial charge in [-0.3, -0.25) is 4.90 Å². The summed E-state index contributed by atoms with van der Waals surface area (Å²) in [6.45, 7) is 5.89. The lowest BCUT2D eigenvalue weighted by Crippen LogP contribution is -2.50. The summed E-state index contributed by atoms with van der Waals surface area (Å²) < 4.78 is 5.33. The van der Waals surface area contributed by atoms with Crippen molar-refractivity contribution in [3.8, 4) is 5.75 Å². The van der Waals surface area contributed by atoms with Gasteiger partial charge >= 0.3 is 5.97 Å².